The Hall–Kier alpha value is -2.29. The number of halogens is 1. The first kappa shape index (κ1) is 21.0. The summed E-state index contributed by atoms with van der Waals surface area (Å²) in [5.41, 5.74) is 0.454. The molecule has 0 aliphatic carbocycles. The van der Waals surface area contributed by atoms with Crippen LogP contribution in [0.3, 0.4) is 0 Å². The van der Waals surface area contributed by atoms with Crippen LogP contribution in [-0.4, -0.2) is 34.1 Å². The van der Waals surface area contributed by atoms with Crippen molar-refractivity contribution in [3.05, 3.63) is 47.5 Å². The zero-order chi connectivity index (χ0) is 20.0. The van der Waals surface area contributed by atoms with Crippen LogP contribution in [-0.2, 0) is 14.8 Å². The molecule has 9 heteroatoms. The Morgan fingerprint density at radius 1 is 1.19 bits per heavy atom. The molecular weight excluding hydrogens is 392 g/mol. The second kappa shape index (κ2) is 9.07. The van der Waals surface area contributed by atoms with Gasteiger partial charge in [0.2, 0.25) is 15.9 Å². The van der Waals surface area contributed by atoms with E-state index in [1.54, 1.807) is 24.3 Å². The molecule has 0 spiro atoms. The van der Waals surface area contributed by atoms with Crippen molar-refractivity contribution in [1.29, 1.82) is 0 Å². The van der Waals surface area contributed by atoms with Gasteiger partial charge in [0.05, 0.1) is 25.4 Å². The third-order valence-electron chi connectivity index (χ3n) is 3.59. The summed E-state index contributed by atoms with van der Waals surface area (Å²) in [7, 11) is -2.68. The second-order valence-electron chi connectivity index (χ2n) is 5.56. The Kier molecular flexibility index (Phi) is 7.06. The Labute approximate surface area is 163 Å². The average Bonchev–Trinajstić information content (AvgIpc) is 2.63. The van der Waals surface area contributed by atoms with Crippen molar-refractivity contribution in [1.82, 2.24) is 4.72 Å². The molecule has 0 aliphatic heterocycles. The lowest BCUT2D eigenvalue weighted by atomic mass is 10.2. The van der Waals surface area contributed by atoms with Gasteiger partial charge in [0, 0.05) is 5.02 Å². The number of carbonyl (C=O) groups excluding carboxylic acids is 1. The molecule has 2 aromatic carbocycles. The molecule has 0 unspecified atom stereocenters. The molecule has 0 radical (unpaired) electrons. The van der Waals surface area contributed by atoms with Crippen molar-refractivity contribution in [3.63, 3.8) is 0 Å². The number of ether oxygens (including phenoxy) is 2. The smallest absolute Gasteiger partial charge is 0.245 e. The SMILES string of the molecule is CCOc1ccccc1NC(=O)[C@H](C)NS(=O)(=O)c1cc(Cl)ccc1OC. The number of methoxy groups -OCH3 is 1. The molecule has 0 aromatic heterocycles. The number of amides is 1. The number of para-hydroxylation sites is 2. The summed E-state index contributed by atoms with van der Waals surface area (Å²) in [4.78, 5) is 12.3. The van der Waals surface area contributed by atoms with Gasteiger partial charge in [-0.05, 0) is 44.2 Å². The van der Waals surface area contributed by atoms with Crippen molar-refractivity contribution in [2.24, 2.45) is 0 Å². The number of sulfonamides is 1. The average molecular weight is 413 g/mol. The second-order valence-corrected chi connectivity index (χ2v) is 7.68. The van der Waals surface area contributed by atoms with Crippen LogP contribution in [0.15, 0.2) is 47.4 Å². The Morgan fingerprint density at radius 3 is 2.56 bits per heavy atom. The fraction of sp³-hybridized carbons (Fsp3) is 0.278. The Morgan fingerprint density at radius 2 is 1.89 bits per heavy atom. The van der Waals surface area contributed by atoms with Crippen molar-refractivity contribution >= 4 is 33.2 Å². The predicted molar refractivity (Wildman–Crippen MR) is 104 cm³/mol. The number of benzene rings is 2. The van der Waals surface area contributed by atoms with E-state index in [9.17, 15) is 13.2 Å². The van der Waals surface area contributed by atoms with Crippen LogP contribution in [0.2, 0.25) is 5.02 Å². The van der Waals surface area contributed by atoms with E-state index in [0.717, 1.165) is 0 Å². The third-order valence-corrected chi connectivity index (χ3v) is 5.38. The van der Waals surface area contributed by atoms with E-state index in [0.29, 0.717) is 18.0 Å². The lowest BCUT2D eigenvalue weighted by Crippen LogP contribution is -2.41. The first-order chi connectivity index (χ1) is 12.8. The molecular formula is C18H21ClN2O5S. The molecule has 0 heterocycles. The molecule has 2 aromatic rings. The summed E-state index contributed by atoms with van der Waals surface area (Å²) in [6, 6.07) is 10.1. The highest BCUT2D eigenvalue weighted by Gasteiger charge is 2.25. The molecule has 27 heavy (non-hydrogen) atoms. The summed E-state index contributed by atoms with van der Waals surface area (Å²) in [5.74, 6) is 0.0906. The van der Waals surface area contributed by atoms with E-state index < -0.39 is 22.0 Å². The zero-order valence-electron chi connectivity index (χ0n) is 15.2. The van der Waals surface area contributed by atoms with Crippen molar-refractivity contribution in [3.8, 4) is 11.5 Å². The molecule has 0 fully saturated rings. The summed E-state index contributed by atoms with van der Waals surface area (Å²) in [5, 5.41) is 2.90. The molecule has 2 N–H and O–H groups in total. The van der Waals surface area contributed by atoms with Crippen LogP contribution in [0, 0.1) is 0 Å². The summed E-state index contributed by atoms with van der Waals surface area (Å²) in [6.07, 6.45) is 0. The monoisotopic (exact) mass is 412 g/mol. The van der Waals surface area contributed by atoms with E-state index in [2.05, 4.69) is 10.0 Å². The molecule has 1 atom stereocenters. The van der Waals surface area contributed by atoms with Gasteiger partial charge in [-0.1, -0.05) is 23.7 Å². The fourth-order valence-electron chi connectivity index (χ4n) is 2.30. The Balaban J connectivity index is 2.18. The van der Waals surface area contributed by atoms with Gasteiger partial charge in [-0.15, -0.1) is 0 Å². The summed E-state index contributed by atoms with van der Waals surface area (Å²) >= 11 is 5.89. The molecule has 2 rings (SSSR count). The van der Waals surface area contributed by atoms with Crippen LogP contribution >= 0.6 is 11.6 Å². The highest BCUT2D eigenvalue weighted by Crippen LogP contribution is 2.27. The Bertz CT molecular complexity index is 918. The quantitative estimate of drug-likeness (QED) is 0.695. The van der Waals surface area contributed by atoms with Gasteiger partial charge in [-0.25, -0.2) is 8.42 Å². The van der Waals surface area contributed by atoms with Gasteiger partial charge >= 0.3 is 0 Å². The van der Waals surface area contributed by atoms with Gasteiger partial charge in [0.1, 0.15) is 16.4 Å². The summed E-state index contributed by atoms with van der Waals surface area (Å²) in [6.45, 7) is 3.70. The number of rotatable bonds is 8. The minimum Gasteiger partial charge on any atom is -0.495 e. The van der Waals surface area contributed by atoms with Crippen molar-refractivity contribution in [2.75, 3.05) is 19.0 Å². The van der Waals surface area contributed by atoms with Crippen molar-refractivity contribution < 1.29 is 22.7 Å². The van der Waals surface area contributed by atoms with Gasteiger partial charge in [0.15, 0.2) is 0 Å². The fourth-order valence-corrected chi connectivity index (χ4v) is 3.94. The lowest BCUT2D eigenvalue weighted by molar-refractivity contribution is -0.117. The highest BCUT2D eigenvalue weighted by molar-refractivity contribution is 7.89. The van der Waals surface area contributed by atoms with Gasteiger partial charge in [-0.3, -0.25) is 4.79 Å². The van der Waals surface area contributed by atoms with Crippen LogP contribution in [0.25, 0.3) is 0 Å². The largest absolute Gasteiger partial charge is 0.495 e. The molecule has 146 valence electrons. The van der Waals surface area contributed by atoms with Gasteiger partial charge in [0.25, 0.3) is 0 Å². The van der Waals surface area contributed by atoms with Gasteiger partial charge in [-0.2, -0.15) is 4.72 Å². The van der Waals surface area contributed by atoms with Gasteiger partial charge < -0.3 is 14.8 Å². The standard InChI is InChI=1S/C18H21ClN2O5S/c1-4-26-15-8-6-5-7-14(15)20-18(22)12(2)21-27(23,24)17-11-13(19)9-10-16(17)25-3/h5-12,21H,4H2,1-3H3,(H,20,22)/t12-/m0/s1. The minimum absolute atomic E-state index is 0.126. The lowest BCUT2D eigenvalue weighted by Gasteiger charge is -2.17. The number of anilines is 1. The third kappa shape index (κ3) is 5.35. The first-order valence-electron chi connectivity index (χ1n) is 8.17. The molecule has 0 bridgehead atoms. The number of hydrogen-bond acceptors (Lipinski definition) is 5. The van der Waals surface area contributed by atoms with Crippen LogP contribution in [0.1, 0.15) is 13.8 Å². The maximum absolute atomic E-state index is 12.6. The summed E-state index contributed by atoms with van der Waals surface area (Å²) < 4.78 is 38.1. The maximum Gasteiger partial charge on any atom is 0.245 e. The van der Waals surface area contributed by atoms with E-state index in [-0.39, 0.29) is 15.7 Å². The number of hydrogen-bond donors (Lipinski definition) is 2. The number of nitrogens with one attached hydrogen (secondary N) is 2. The molecule has 0 aliphatic rings. The number of carbonyl (C=O) groups is 1. The highest BCUT2D eigenvalue weighted by atomic mass is 35.5. The van der Waals surface area contributed by atoms with Crippen molar-refractivity contribution in [2.45, 2.75) is 24.8 Å². The molecule has 1 amide bonds. The topological polar surface area (TPSA) is 93.7 Å². The molecule has 7 nitrogen and oxygen atoms in total. The first-order valence-corrected chi connectivity index (χ1v) is 10.0. The maximum atomic E-state index is 12.6. The van der Waals surface area contributed by atoms with Crippen LogP contribution in [0.4, 0.5) is 5.69 Å². The molecule has 0 saturated carbocycles. The predicted octanol–water partition coefficient (Wildman–Crippen LogP) is 3.05. The van der Waals surface area contributed by atoms with E-state index in [1.165, 1.54) is 32.2 Å². The normalized spacial score (nSPS) is 12.3. The van der Waals surface area contributed by atoms with Crippen LogP contribution < -0.4 is 19.5 Å². The van der Waals surface area contributed by atoms with E-state index in [4.69, 9.17) is 21.1 Å². The van der Waals surface area contributed by atoms with Crippen LogP contribution in [0.5, 0.6) is 11.5 Å². The molecule has 0 saturated heterocycles. The van der Waals surface area contributed by atoms with E-state index in [1.807, 2.05) is 6.92 Å². The van der Waals surface area contributed by atoms with E-state index >= 15 is 0 Å². The zero-order valence-corrected chi connectivity index (χ0v) is 16.7. The minimum atomic E-state index is -4.03.